The lowest BCUT2D eigenvalue weighted by Gasteiger charge is -2.43. The second-order valence-corrected chi connectivity index (χ2v) is 12.4. The average molecular weight is 566 g/mol. The molecule has 0 spiro atoms. The van der Waals surface area contributed by atoms with E-state index in [4.69, 9.17) is 0 Å². The molecule has 0 atom stereocenters. The Kier molecular flexibility index (Phi) is 4.28. The second kappa shape index (κ2) is 7.66. The molecule has 2 bridgehead atoms. The lowest BCUT2D eigenvalue weighted by Crippen LogP contribution is -2.28. The highest BCUT2D eigenvalue weighted by Crippen LogP contribution is 2.60. The van der Waals surface area contributed by atoms with Gasteiger partial charge in [-0.2, -0.15) is 0 Å². The van der Waals surface area contributed by atoms with Gasteiger partial charge in [0.25, 0.3) is 0 Å². The van der Waals surface area contributed by atoms with Crippen LogP contribution >= 0.6 is 27.3 Å². The molecule has 0 radical (unpaired) electrons. The predicted octanol–water partition coefficient (Wildman–Crippen LogP) is 10.6. The minimum Gasteiger partial charge on any atom is -0.135 e. The molecule has 1 aromatic heterocycles. The summed E-state index contributed by atoms with van der Waals surface area (Å²) in [7, 11) is 0. The molecule has 0 amide bonds. The lowest BCUT2D eigenvalue weighted by atomic mass is 9.60. The molecule has 0 saturated heterocycles. The van der Waals surface area contributed by atoms with Gasteiger partial charge in [-0.3, -0.25) is 0 Å². The number of benzene rings is 6. The van der Waals surface area contributed by atoms with Crippen molar-refractivity contribution in [1.29, 1.82) is 0 Å². The van der Waals surface area contributed by atoms with E-state index in [1.54, 1.807) is 0 Å². The quantitative estimate of drug-likeness (QED) is 0.186. The SMILES string of the molecule is Brc1ccc(-c2cc3ccccc3c3sc4ccccc4c23)c2c1C1c3ccccc3C2c2ccccc21. The Bertz CT molecular complexity index is 2070. The van der Waals surface area contributed by atoms with Crippen molar-refractivity contribution >= 4 is 58.2 Å². The van der Waals surface area contributed by atoms with Crippen molar-refractivity contribution in [2.24, 2.45) is 0 Å². The van der Waals surface area contributed by atoms with Crippen LogP contribution in [0.15, 0.2) is 120 Å². The molecule has 3 aliphatic carbocycles. The van der Waals surface area contributed by atoms with E-state index in [0.717, 1.165) is 0 Å². The Morgan fingerprint density at radius 3 is 1.82 bits per heavy atom. The maximum absolute atomic E-state index is 4.02. The van der Waals surface area contributed by atoms with E-state index < -0.39 is 0 Å². The first-order valence-corrected chi connectivity index (χ1v) is 14.7. The fourth-order valence-electron chi connectivity index (χ4n) is 7.25. The van der Waals surface area contributed by atoms with Crippen LogP contribution in [-0.4, -0.2) is 0 Å². The van der Waals surface area contributed by atoms with Gasteiger partial charge in [0.1, 0.15) is 0 Å². The maximum atomic E-state index is 4.02. The zero-order chi connectivity index (χ0) is 25.0. The van der Waals surface area contributed by atoms with Crippen LogP contribution < -0.4 is 0 Å². The molecule has 0 saturated carbocycles. The normalized spacial score (nSPS) is 17.1. The summed E-state index contributed by atoms with van der Waals surface area (Å²) in [5.74, 6) is 0.466. The van der Waals surface area contributed by atoms with Crippen molar-refractivity contribution in [3.05, 3.63) is 153 Å². The first kappa shape index (κ1) is 21.2. The molecule has 6 aromatic carbocycles. The van der Waals surface area contributed by atoms with Gasteiger partial charge in [0.15, 0.2) is 0 Å². The highest BCUT2D eigenvalue weighted by molar-refractivity contribution is 9.10. The molecule has 38 heavy (non-hydrogen) atoms. The van der Waals surface area contributed by atoms with Crippen LogP contribution in [0.2, 0.25) is 0 Å². The summed E-state index contributed by atoms with van der Waals surface area (Å²) in [5, 5.41) is 5.39. The molecule has 10 rings (SSSR count). The molecule has 0 N–H and O–H groups in total. The van der Waals surface area contributed by atoms with Crippen molar-refractivity contribution in [2.75, 3.05) is 0 Å². The van der Waals surface area contributed by atoms with Crippen LogP contribution in [-0.2, 0) is 0 Å². The van der Waals surface area contributed by atoms with Gasteiger partial charge < -0.3 is 0 Å². The Morgan fingerprint density at radius 2 is 1.11 bits per heavy atom. The minimum atomic E-state index is 0.223. The van der Waals surface area contributed by atoms with Gasteiger partial charge in [-0.25, -0.2) is 0 Å². The molecule has 0 unspecified atom stereocenters. The number of rotatable bonds is 1. The topological polar surface area (TPSA) is 0 Å². The van der Waals surface area contributed by atoms with E-state index in [1.807, 2.05) is 11.3 Å². The fraction of sp³-hybridized carbons (Fsp3) is 0.0556. The molecule has 178 valence electrons. The first-order valence-electron chi connectivity index (χ1n) is 13.1. The Hall–Kier alpha value is -3.72. The maximum Gasteiger partial charge on any atom is 0.0440 e. The summed E-state index contributed by atoms with van der Waals surface area (Å²) in [4.78, 5) is 0. The van der Waals surface area contributed by atoms with E-state index >= 15 is 0 Å². The van der Waals surface area contributed by atoms with Crippen molar-refractivity contribution in [2.45, 2.75) is 11.8 Å². The fourth-order valence-corrected chi connectivity index (χ4v) is 9.09. The van der Waals surface area contributed by atoms with E-state index in [0.29, 0.717) is 0 Å². The smallest absolute Gasteiger partial charge is 0.0440 e. The van der Waals surface area contributed by atoms with Crippen molar-refractivity contribution < 1.29 is 0 Å². The van der Waals surface area contributed by atoms with Gasteiger partial charge in [0.05, 0.1) is 0 Å². The zero-order valence-corrected chi connectivity index (χ0v) is 22.8. The summed E-state index contributed by atoms with van der Waals surface area (Å²) in [6, 6.07) is 43.1. The third-order valence-corrected chi connectivity index (χ3v) is 10.6. The second-order valence-electron chi connectivity index (χ2n) is 10.5. The van der Waals surface area contributed by atoms with Crippen molar-refractivity contribution in [3.63, 3.8) is 0 Å². The van der Waals surface area contributed by atoms with Crippen LogP contribution in [0.4, 0.5) is 0 Å². The third-order valence-electron chi connectivity index (χ3n) is 8.71. The van der Waals surface area contributed by atoms with E-state index in [2.05, 4.69) is 131 Å². The highest BCUT2D eigenvalue weighted by atomic mass is 79.9. The van der Waals surface area contributed by atoms with E-state index in [9.17, 15) is 0 Å². The molecule has 2 heteroatoms. The molecule has 0 fully saturated rings. The number of fused-ring (bicyclic) bond motifs is 5. The monoisotopic (exact) mass is 564 g/mol. The van der Waals surface area contributed by atoms with Crippen LogP contribution in [0.3, 0.4) is 0 Å². The molecule has 3 aliphatic rings. The molecular weight excluding hydrogens is 544 g/mol. The standard InChI is InChI=1S/C36H21BrS/c37-29-18-17-26(28-19-20-9-1-2-10-21(20)36-33(28)27-15-7-8-16-30(27)38-36)34-31-22-11-3-5-13-24(22)32(35(29)34)25-14-6-4-12-23(25)31/h1-19,31-32H. The Labute approximate surface area is 233 Å². The van der Waals surface area contributed by atoms with Gasteiger partial charge in [-0.15, -0.1) is 11.3 Å². The third kappa shape index (κ3) is 2.64. The van der Waals surface area contributed by atoms with Crippen molar-refractivity contribution in [3.8, 4) is 11.1 Å². The van der Waals surface area contributed by atoms with E-state index in [-0.39, 0.29) is 11.8 Å². The summed E-state index contributed by atoms with van der Waals surface area (Å²) in [6.45, 7) is 0. The van der Waals surface area contributed by atoms with Gasteiger partial charge in [-0.1, -0.05) is 113 Å². The predicted molar refractivity (Wildman–Crippen MR) is 165 cm³/mol. The van der Waals surface area contributed by atoms with Gasteiger partial charge in [-0.05, 0) is 73.5 Å². The highest BCUT2D eigenvalue weighted by Gasteiger charge is 2.43. The Balaban J connectivity index is 1.46. The molecule has 7 aromatic rings. The summed E-state index contributed by atoms with van der Waals surface area (Å²) >= 11 is 5.94. The van der Waals surface area contributed by atoms with Crippen LogP contribution in [0.1, 0.15) is 45.2 Å². The molecule has 0 aliphatic heterocycles. The largest absolute Gasteiger partial charge is 0.135 e. The molecular formula is C36H21BrS. The number of thiophene rings is 1. The lowest BCUT2D eigenvalue weighted by molar-refractivity contribution is 0.752. The summed E-state index contributed by atoms with van der Waals surface area (Å²) in [5.41, 5.74) is 11.4. The van der Waals surface area contributed by atoms with Crippen LogP contribution in [0.25, 0.3) is 42.1 Å². The van der Waals surface area contributed by atoms with Gasteiger partial charge >= 0.3 is 0 Å². The van der Waals surface area contributed by atoms with Gasteiger partial charge in [0.2, 0.25) is 0 Å². The number of halogens is 1. The summed E-state index contributed by atoms with van der Waals surface area (Å²) < 4.78 is 3.95. The van der Waals surface area contributed by atoms with Crippen LogP contribution in [0, 0.1) is 0 Å². The van der Waals surface area contributed by atoms with E-state index in [1.165, 1.54) is 79.9 Å². The molecule has 1 heterocycles. The Morgan fingerprint density at radius 1 is 0.526 bits per heavy atom. The number of hydrogen-bond donors (Lipinski definition) is 0. The minimum absolute atomic E-state index is 0.223. The van der Waals surface area contributed by atoms with Crippen molar-refractivity contribution in [1.82, 2.24) is 0 Å². The zero-order valence-electron chi connectivity index (χ0n) is 20.4. The number of hydrogen-bond acceptors (Lipinski definition) is 1. The van der Waals surface area contributed by atoms with Crippen LogP contribution in [0.5, 0.6) is 0 Å². The molecule has 0 nitrogen and oxygen atoms in total. The first-order chi connectivity index (χ1) is 18.8. The van der Waals surface area contributed by atoms with Gasteiger partial charge in [0, 0.05) is 36.5 Å². The average Bonchev–Trinajstić information content (AvgIpc) is 3.37. The summed E-state index contributed by atoms with van der Waals surface area (Å²) in [6.07, 6.45) is 0.